The average molecular weight is 474 g/mol. The van der Waals surface area contributed by atoms with Gasteiger partial charge in [-0.05, 0) is 61.9 Å². The number of piperidine rings is 1. The third-order valence-corrected chi connectivity index (χ3v) is 8.55. The first-order valence-electron chi connectivity index (χ1n) is 11.5. The van der Waals surface area contributed by atoms with E-state index in [4.69, 9.17) is 4.74 Å². The molecule has 0 aliphatic carbocycles. The summed E-state index contributed by atoms with van der Waals surface area (Å²) in [5, 5.41) is 0. The van der Waals surface area contributed by atoms with Gasteiger partial charge < -0.3 is 14.2 Å². The van der Waals surface area contributed by atoms with E-state index >= 15 is 0 Å². The zero-order valence-corrected chi connectivity index (χ0v) is 19.8. The van der Waals surface area contributed by atoms with E-state index in [2.05, 4.69) is 0 Å². The van der Waals surface area contributed by atoms with Crippen LogP contribution in [0.25, 0.3) is 0 Å². The van der Waals surface area contributed by atoms with Gasteiger partial charge in [0.25, 0.3) is 0 Å². The van der Waals surface area contributed by atoms with Crippen molar-refractivity contribution in [2.45, 2.75) is 49.5 Å². The van der Waals surface area contributed by atoms with Gasteiger partial charge in [-0.2, -0.15) is 4.31 Å². The van der Waals surface area contributed by atoms with E-state index in [0.717, 1.165) is 31.2 Å². The third kappa shape index (κ3) is 5.14. The summed E-state index contributed by atoms with van der Waals surface area (Å²) in [5.41, 5.74) is 1.49. The number of amides is 1. The van der Waals surface area contributed by atoms with Crippen LogP contribution in [0, 0.1) is 0 Å². The van der Waals surface area contributed by atoms with Gasteiger partial charge in [-0.25, -0.2) is 13.2 Å². The molecule has 2 saturated heterocycles. The van der Waals surface area contributed by atoms with E-state index in [9.17, 15) is 18.0 Å². The minimum atomic E-state index is -3.41. The van der Waals surface area contributed by atoms with Crippen molar-refractivity contribution < 1.29 is 22.7 Å². The van der Waals surface area contributed by atoms with Gasteiger partial charge in [0.15, 0.2) is 0 Å². The van der Waals surface area contributed by atoms with Gasteiger partial charge in [0.1, 0.15) is 5.69 Å². The Morgan fingerprint density at radius 1 is 1.00 bits per heavy atom. The number of hydrogen-bond donors (Lipinski definition) is 0. The number of esters is 1. The van der Waals surface area contributed by atoms with Crippen molar-refractivity contribution in [2.24, 2.45) is 0 Å². The summed E-state index contributed by atoms with van der Waals surface area (Å²) >= 11 is 0. The Balaban J connectivity index is 1.28. The standard InChI is InChI=1S/C24H31N3O5S/c1-32-24(29)22-5-4-16-27(22)20-12-17-25(18-13-20)23(28)11-8-19-6-9-21(10-7-19)33(30,31)26-14-2-3-15-26/h4-7,9-10,16,20H,2-3,8,11-15,17-18H2,1H3. The van der Waals surface area contributed by atoms with E-state index in [0.29, 0.717) is 49.6 Å². The minimum absolute atomic E-state index is 0.0999. The molecule has 33 heavy (non-hydrogen) atoms. The van der Waals surface area contributed by atoms with Crippen LogP contribution in [0.1, 0.15) is 54.2 Å². The molecule has 0 saturated carbocycles. The number of carbonyl (C=O) groups is 2. The number of aromatic nitrogens is 1. The summed E-state index contributed by atoms with van der Waals surface area (Å²) in [6, 6.07) is 10.7. The number of hydrogen-bond acceptors (Lipinski definition) is 5. The summed E-state index contributed by atoms with van der Waals surface area (Å²) in [7, 11) is -2.03. The molecule has 0 N–H and O–H groups in total. The zero-order valence-electron chi connectivity index (χ0n) is 19.0. The number of sulfonamides is 1. The molecule has 0 atom stereocenters. The second-order valence-electron chi connectivity index (χ2n) is 8.66. The van der Waals surface area contributed by atoms with E-state index in [-0.39, 0.29) is 17.9 Å². The fraction of sp³-hybridized carbons (Fsp3) is 0.500. The van der Waals surface area contributed by atoms with E-state index in [1.54, 1.807) is 18.2 Å². The lowest BCUT2D eigenvalue weighted by Gasteiger charge is -2.33. The summed E-state index contributed by atoms with van der Waals surface area (Å²) in [5.74, 6) is -0.249. The Bertz CT molecular complexity index is 1080. The SMILES string of the molecule is COC(=O)c1cccn1C1CCN(C(=O)CCc2ccc(S(=O)(=O)N3CCCC3)cc2)CC1. The maximum atomic E-state index is 12.7. The van der Waals surface area contributed by atoms with Gasteiger partial charge in [-0.1, -0.05) is 12.1 Å². The van der Waals surface area contributed by atoms with Crippen molar-refractivity contribution >= 4 is 21.9 Å². The van der Waals surface area contributed by atoms with E-state index in [1.165, 1.54) is 11.4 Å². The van der Waals surface area contributed by atoms with Crippen LogP contribution in [0.4, 0.5) is 0 Å². The highest BCUT2D eigenvalue weighted by atomic mass is 32.2. The fourth-order valence-electron chi connectivity index (χ4n) is 4.70. The third-order valence-electron chi connectivity index (χ3n) is 6.64. The number of aryl methyl sites for hydroxylation is 1. The van der Waals surface area contributed by atoms with Crippen molar-refractivity contribution in [3.8, 4) is 0 Å². The largest absolute Gasteiger partial charge is 0.464 e. The lowest BCUT2D eigenvalue weighted by Crippen LogP contribution is -2.39. The lowest BCUT2D eigenvalue weighted by molar-refractivity contribution is -0.132. The molecular weight excluding hydrogens is 442 g/mol. The Morgan fingerprint density at radius 3 is 2.30 bits per heavy atom. The first-order valence-corrected chi connectivity index (χ1v) is 13.0. The molecular formula is C24H31N3O5S. The predicted octanol–water partition coefficient (Wildman–Crippen LogP) is 2.86. The van der Waals surface area contributed by atoms with Crippen LogP contribution in [-0.4, -0.2) is 67.4 Å². The number of methoxy groups -OCH3 is 1. The highest BCUT2D eigenvalue weighted by Gasteiger charge is 2.28. The normalized spacial score (nSPS) is 17.9. The van der Waals surface area contributed by atoms with Gasteiger partial charge in [0, 0.05) is 44.8 Å². The number of likely N-dealkylation sites (tertiary alicyclic amines) is 1. The Kier molecular flexibility index (Phi) is 7.19. The summed E-state index contributed by atoms with van der Waals surface area (Å²) in [6.45, 7) is 2.47. The average Bonchev–Trinajstić information content (AvgIpc) is 3.55. The van der Waals surface area contributed by atoms with Gasteiger partial charge in [-0.3, -0.25) is 4.79 Å². The monoisotopic (exact) mass is 473 g/mol. The molecule has 2 aliphatic heterocycles. The van der Waals surface area contributed by atoms with Crippen molar-refractivity contribution in [2.75, 3.05) is 33.3 Å². The number of nitrogens with zero attached hydrogens (tertiary/aromatic N) is 3. The van der Waals surface area contributed by atoms with E-state index < -0.39 is 10.0 Å². The number of carbonyl (C=O) groups excluding carboxylic acids is 2. The van der Waals surface area contributed by atoms with Gasteiger partial charge in [0.2, 0.25) is 15.9 Å². The van der Waals surface area contributed by atoms with Crippen LogP contribution in [0.2, 0.25) is 0 Å². The van der Waals surface area contributed by atoms with Gasteiger partial charge in [-0.15, -0.1) is 0 Å². The number of rotatable bonds is 7. The first kappa shape index (κ1) is 23.5. The summed E-state index contributed by atoms with van der Waals surface area (Å²) < 4.78 is 33.6. The molecule has 1 aromatic carbocycles. The molecule has 0 spiro atoms. The Morgan fingerprint density at radius 2 is 1.67 bits per heavy atom. The summed E-state index contributed by atoms with van der Waals surface area (Å²) in [6.07, 6.45) is 6.25. The van der Waals surface area contributed by atoms with Crippen molar-refractivity contribution in [3.05, 3.63) is 53.9 Å². The van der Waals surface area contributed by atoms with Crippen molar-refractivity contribution in [1.29, 1.82) is 0 Å². The molecule has 0 bridgehead atoms. The molecule has 0 radical (unpaired) electrons. The first-order chi connectivity index (χ1) is 15.9. The second-order valence-corrected chi connectivity index (χ2v) is 10.6. The zero-order chi connectivity index (χ0) is 23.4. The molecule has 1 aromatic heterocycles. The summed E-state index contributed by atoms with van der Waals surface area (Å²) in [4.78, 5) is 26.9. The fourth-order valence-corrected chi connectivity index (χ4v) is 6.22. The molecule has 1 amide bonds. The van der Waals surface area contributed by atoms with Crippen molar-refractivity contribution in [3.63, 3.8) is 0 Å². The van der Waals surface area contributed by atoms with Gasteiger partial charge >= 0.3 is 5.97 Å². The molecule has 2 aliphatic rings. The highest BCUT2D eigenvalue weighted by Crippen LogP contribution is 2.26. The molecule has 2 fully saturated rings. The Labute approximate surface area is 195 Å². The van der Waals surface area contributed by atoms with Crippen LogP contribution >= 0.6 is 0 Å². The molecule has 8 nitrogen and oxygen atoms in total. The van der Waals surface area contributed by atoms with Crippen LogP contribution in [0.5, 0.6) is 0 Å². The molecule has 0 unspecified atom stereocenters. The van der Waals surface area contributed by atoms with Crippen LogP contribution in [0.15, 0.2) is 47.5 Å². The minimum Gasteiger partial charge on any atom is -0.464 e. The quantitative estimate of drug-likeness (QED) is 0.577. The molecule has 9 heteroatoms. The maximum absolute atomic E-state index is 12.7. The van der Waals surface area contributed by atoms with Gasteiger partial charge in [0.05, 0.1) is 12.0 Å². The lowest BCUT2D eigenvalue weighted by atomic mass is 10.0. The predicted molar refractivity (Wildman–Crippen MR) is 123 cm³/mol. The number of benzene rings is 1. The van der Waals surface area contributed by atoms with E-state index in [1.807, 2.05) is 33.9 Å². The smallest absolute Gasteiger partial charge is 0.354 e. The highest BCUT2D eigenvalue weighted by molar-refractivity contribution is 7.89. The second kappa shape index (κ2) is 10.1. The molecule has 4 rings (SSSR count). The van der Waals surface area contributed by atoms with Crippen LogP contribution in [0.3, 0.4) is 0 Å². The van der Waals surface area contributed by atoms with Crippen molar-refractivity contribution in [1.82, 2.24) is 13.8 Å². The maximum Gasteiger partial charge on any atom is 0.354 e. The Hall–Kier alpha value is -2.65. The molecule has 178 valence electrons. The topological polar surface area (TPSA) is 88.9 Å². The molecule has 3 heterocycles. The number of ether oxygens (including phenoxy) is 1. The van der Waals surface area contributed by atoms with Crippen LogP contribution in [-0.2, 0) is 26.0 Å². The molecule has 2 aromatic rings. The van der Waals surface area contributed by atoms with Crippen LogP contribution < -0.4 is 0 Å².